The minimum Gasteiger partial charge on any atom is -0.264 e. The first-order valence-electron chi connectivity index (χ1n) is 14.4. The number of benzene rings is 4. The highest BCUT2D eigenvalue weighted by molar-refractivity contribution is 9.10. The van der Waals surface area contributed by atoms with Gasteiger partial charge in [-0.3, -0.25) is 4.98 Å². The Morgan fingerprint density at radius 1 is 0.558 bits per heavy atom. The van der Waals surface area contributed by atoms with Gasteiger partial charge in [0.25, 0.3) is 0 Å². The van der Waals surface area contributed by atoms with Crippen molar-refractivity contribution in [2.24, 2.45) is 0 Å². The van der Waals surface area contributed by atoms with Crippen LogP contribution in [0.4, 0.5) is 0 Å². The Hall–Kier alpha value is -4.93. The molecule has 6 aromatic rings. The first-order chi connectivity index (χ1) is 21.2. The number of allylic oxidation sites excluding steroid dienone is 4. The minimum atomic E-state index is 0.415. The van der Waals surface area contributed by atoms with Crippen molar-refractivity contribution in [2.75, 3.05) is 0 Å². The van der Waals surface area contributed by atoms with E-state index in [0.29, 0.717) is 11.7 Å². The predicted molar refractivity (Wildman–Crippen MR) is 180 cm³/mol. The molecule has 0 fully saturated rings. The lowest BCUT2D eigenvalue weighted by molar-refractivity contribution is 0.854. The molecule has 1 aliphatic rings. The van der Waals surface area contributed by atoms with Crippen LogP contribution in [-0.2, 0) is 0 Å². The summed E-state index contributed by atoms with van der Waals surface area (Å²) < 4.78 is 0.997. The van der Waals surface area contributed by atoms with Crippen LogP contribution in [-0.4, -0.2) is 15.0 Å². The first-order valence-corrected chi connectivity index (χ1v) is 15.2. The third-order valence-electron chi connectivity index (χ3n) is 7.78. The van der Waals surface area contributed by atoms with Crippen molar-refractivity contribution in [1.29, 1.82) is 0 Å². The molecule has 2 aromatic heterocycles. The van der Waals surface area contributed by atoms with Crippen molar-refractivity contribution in [3.8, 4) is 56.2 Å². The zero-order chi connectivity index (χ0) is 29.0. The number of hydrogen-bond donors (Lipinski definition) is 0. The fraction of sp³-hybridized carbons (Fsp3) is 0.0513. The standard InChI is InChI=1S/C39H28BrN3/c40-36-23-34(30-15-13-29(14-16-30)33-12-7-21-41-26-33)22-35(24-36)38-25-37(42-39(43-38)32-10-5-2-6-11-32)31-19-17-28(18-20-31)27-8-3-1-4-9-27/h1-8,10-27H,9H2. The van der Waals surface area contributed by atoms with Gasteiger partial charge in [0.1, 0.15) is 0 Å². The van der Waals surface area contributed by atoms with E-state index < -0.39 is 0 Å². The molecule has 0 N–H and O–H groups in total. The monoisotopic (exact) mass is 617 g/mol. The van der Waals surface area contributed by atoms with Crippen LogP contribution in [0.25, 0.3) is 56.2 Å². The van der Waals surface area contributed by atoms with Crippen LogP contribution in [0.15, 0.2) is 156 Å². The average molecular weight is 619 g/mol. The lowest BCUT2D eigenvalue weighted by Gasteiger charge is -2.14. The Morgan fingerprint density at radius 3 is 1.93 bits per heavy atom. The van der Waals surface area contributed by atoms with E-state index in [2.05, 4.69) is 136 Å². The van der Waals surface area contributed by atoms with Gasteiger partial charge >= 0.3 is 0 Å². The smallest absolute Gasteiger partial charge is 0.160 e. The van der Waals surface area contributed by atoms with Gasteiger partial charge in [-0.05, 0) is 64.6 Å². The van der Waals surface area contributed by atoms with E-state index in [4.69, 9.17) is 9.97 Å². The number of aromatic nitrogens is 3. The molecule has 0 radical (unpaired) electrons. The molecule has 1 atom stereocenters. The van der Waals surface area contributed by atoms with Gasteiger partial charge in [0.05, 0.1) is 11.4 Å². The van der Waals surface area contributed by atoms with Gasteiger partial charge in [0.2, 0.25) is 0 Å². The molecule has 0 saturated carbocycles. The van der Waals surface area contributed by atoms with E-state index in [9.17, 15) is 0 Å². The van der Waals surface area contributed by atoms with E-state index >= 15 is 0 Å². The average Bonchev–Trinajstić information content (AvgIpc) is 3.09. The second-order valence-corrected chi connectivity index (χ2v) is 11.6. The molecule has 1 unspecified atom stereocenters. The van der Waals surface area contributed by atoms with Gasteiger partial charge < -0.3 is 0 Å². The van der Waals surface area contributed by atoms with Gasteiger partial charge in [-0.2, -0.15) is 0 Å². The van der Waals surface area contributed by atoms with Crippen molar-refractivity contribution >= 4 is 15.9 Å². The molecule has 3 nitrogen and oxygen atoms in total. The molecule has 0 spiro atoms. The molecular formula is C39H28BrN3. The molecule has 2 heterocycles. The van der Waals surface area contributed by atoms with Crippen molar-refractivity contribution in [3.63, 3.8) is 0 Å². The maximum atomic E-state index is 5.06. The van der Waals surface area contributed by atoms with E-state index in [1.54, 1.807) is 6.20 Å². The zero-order valence-corrected chi connectivity index (χ0v) is 25.0. The zero-order valence-electron chi connectivity index (χ0n) is 23.4. The van der Waals surface area contributed by atoms with Gasteiger partial charge in [0, 0.05) is 39.5 Å². The van der Waals surface area contributed by atoms with Crippen molar-refractivity contribution in [1.82, 2.24) is 15.0 Å². The molecule has 0 amide bonds. The summed E-state index contributed by atoms with van der Waals surface area (Å²) in [7, 11) is 0. The lowest BCUT2D eigenvalue weighted by Crippen LogP contribution is -1.98. The van der Waals surface area contributed by atoms with Gasteiger partial charge in [-0.25, -0.2) is 9.97 Å². The highest BCUT2D eigenvalue weighted by Crippen LogP contribution is 2.34. The molecule has 4 aromatic carbocycles. The summed E-state index contributed by atoms with van der Waals surface area (Å²) in [6.07, 6.45) is 13.5. The first kappa shape index (κ1) is 26.9. The van der Waals surface area contributed by atoms with E-state index in [-0.39, 0.29) is 0 Å². The third kappa shape index (κ3) is 6.01. The van der Waals surface area contributed by atoms with Crippen LogP contribution in [0, 0.1) is 0 Å². The summed E-state index contributed by atoms with van der Waals surface area (Å²) in [5, 5.41) is 0. The van der Waals surface area contributed by atoms with Crippen LogP contribution in [0.5, 0.6) is 0 Å². The third-order valence-corrected chi connectivity index (χ3v) is 8.24. The second kappa shape index (κ2) is 12.1. The highest BCUT2D eigenvalue weighted by atomic mass is 79.9. The largest absolute Gasteiger partial charge is 0.264 e. The summed E-state index contributed by atoms with van der Waals surface area (Å²) in [5.41, 5.74) is 10.7. The van der Waals surface area contributed by atoms with Crippen LogP contribution < -0.4 is 0 Å². The normalized spacial score (nSPS) is 14.1. The van der Waals surface area contributed by atoms with Gasteiger partial charge in [-0.1, -0.05) is 125 Å². The molecule has 43 heavy (non-hydrogen) atoms. The lowest BCUT2D eigenvalue weighted by atomic mass is 9.91. The molecule has 0 bridgehead atoms. The molecule has 4 heteroatoms. The molecule has 0 aliphatic heterocycles. The van der Waals surface area contributed by atoms with Crippen molar-refractivity contribution < 1.29 is 0 Å². The van der Waals surface area contributed by atoms with Crippen LogP contribution in [0.1, 0.15) is 17.9 Å². The summed E-state index contributed by atoms with van der Waals surface area (Å²) >= 11 is 3.77. The van der Waals surface area contributed by atoms with Crippen LogP contribution >= 0.6 is 15.9 Å². The van der Waals surface area contributed by atoms with Gasteiger partial charge in [-0.15, -0.1) is 0 Å². The summed E-state index contributed by atoms with van der Waals surface area (Å²) in [5.74, 6) is 1.12. The molecule has 0 saturated heterocycles. The SMILES string of the molecule is Brc1cc(-c2ccc(-c3cccnc3)cc2)cc(-c2cc(-c3ccc(C4C=CC=CC4)cc3)nc(-c3ccccc3)n2)c1. The molecule has 7 rings (SSSR count). The molecule has 1 aliphatic carbocycles. The van der Waals surface area contributed by atoms with Crippen molar-refractivity contribution in [3.05, 3.63) is 162 Å². The Balaban J connectivity index is 1.28. The number of pyridine rings is 1. The maximum absolute atomic E-state index is 5.06. The Bertz CT molecular complexity index is 1930. The highest BCUT2D eigenvalue weighted by Gasteiger charge is 2.14. The van der Waals surface area contributed by atoms with E-state index in [1.807, 2.05) is 30.5 Å². The second-order valence-electron chi connectivity index (χ2n) is 10.7. The summed E-state index contributed by atoms with van der Waals surface area (Å²) in [6.45, 7) is 0. The predicted octanol–water partition coefficient (Wildman–Crippen LogP) is 10.6. The summed E-state index contributed by atoms with van der Waals surface area (Å²) in [6, 6.07) is 40.2. The molecular weight excluding hydrogens is 590 g/mol. The number of halogens is 1. The summed E-state index contributed by atoms with van der Waals surface area (Å²) in [4.78, 5) is 14.4. The minimum absolute atomic E-state index is 0.415. The fourth-order valence-corrected chi connectivity index (χ4v) is 5.97. The maximum Gasteiger partial charge on any atom is 0.160 e. The molecule has 206 valence electrons. The number of hydrogen-bond acceptors (Lipinski definition) is 3. The Labute approximate surface area is 260 Å². The van der Waals surface area contributed by atoms with Crippen LogP contribution in [0.3, 0.4) is 0 Å². The Kier molecular flexibility index (Phi) is 7.60. The number of rotatable bonds is 6. The van der Waals surface area contributed by atoms with Crippen molar-refractivity contribution in [2.45, 2.75) is 12.3 Å². The Morgan fingerprint density at radius 2 is 1.23 bits per heavy atom. The van der Waals surface area contributed by atoms with Crippen LogP contribution in [0.2, 0.25) is 0 Å². The van der Waals surface area contributed by atoms with E-state index in [1.165, 1.54) is 5.56 Å². The number of nitrogens with zero attached hydrogens (tertiary/aromatic N) is 3. The van der Waals surface area contributed by atoms with E-state index in [0.717, 1.165) is 61.2 Å². The topological polar surface area (TPSA) is 38.7 Å². The fourth-order valence-electron chi connectivity index (χ4n) is 5.48. The quantitative estimate of drug-likeness (QED) is 0.186. The van der Waals surface area contributed by atoms with Gasteiger partial charge in [0.15, 0.2) is 5.82 Å².